The minimum Gasteiger partial charge on any atom is -0.503 e. The number of carbonyl (C=O) groups is 2. The fourth-order valence-electron chi connectivity index (χ4n) is 2.41. The second-order valence-corrected chi connectivity index (χ2v) is 4.14. The zero-order chi connectivity index (χ0) is 13.8. The molecule has 0 aromatic heterocycles. The maximum Gasteiger partial charge on any atom is 1.00 e. The zero-order valence-electron chi connectivity index (χ0n) is 11.5. The van der Waals surface area contributed by atoms with E-state index in [-0.39, 0.29) is 29.6 Å². The van der Waals surface area contributed by atoms with Gasteiger partial charge in [0.15, 0.2) is 11.9 Å². The third kappa shape index (κ3) is 3.53. The summed E-state index contributed by atoms with van der Waals surface area (Å²) in [6, 6.07) is 8.95. The predicted octanol–water partition coefficient (Wildman–Crippen LogP) is -0.508. The Morgan fingerprint density at radius 1 is 1.05 bits per heavy atom. The quantitative estimate of drug-likeness (QED) is 0.415. The Morgan fingerprint density at radius 3 is 1.79 bits per heavy atom. The van der Waals surface area contributed by atoms with E-state index >= 15 is 0 Å². The van der Waals surface area contributed by atoms with Crippen LogP contribution in [0.2, 0.25) is 0 Å². The van der Waals surface area contributed by atoms with Crippen molar-refractivity contribution in [2.75, 3.05) is 0 Å². The van der Waals surface area contributed by atoms with E-state index < -0.39 is 23.3 Å². The molecule has 1 aromatic carbocycles. The first kappa shape index (κ1) is 18.0. The van der Waals surface area contributed by atoms with E-state index in [2.05, 4.69) is 0 Å². The van der Waals surface area contributed by atoms with Crippen LogP contribution in [0.15, 0.2) is 30.3 Å². The standard InChI is InChI=1S/C14H17O4.Na/c1-3-14(4-2,10-8-6-5-7-9-10)11(12(15)16)13(17)18;/h5-9H,3-4H2,1-2H3,(H,15,16)(H,17,18);/q-1;+1. The zero-order valence-corrected chi connectivity index (χ0v) is 13.5. The van der Waals surface area contributed by atoms with Crippen molar-refractivity contribution in [3.63, 3.8) is 0 Å². The number of rotatable bonds is 6. The van der Waals surface area contributed by atoms with Crippen molar-refractivity contribution in [3.8, 4) is 0 Å². The molecular formula is C14H17NaO4. The molecular weight excluding hydrogens is 255 g/mol. The molecule has 0 heterocycles. The number of hydrogen-bond acceptors (Lipinski definition) is 2. The molecule has 1 aromatic rings. The van der Waals surface area contributed by atoms with Crippen molar-refractivity contribution in [2.24, 2.45) is 0 Å². The van der Waals surface area contributed by atoms with Crippen LogP contribution in [-0.4, -0.2) is 22.2 Å². The van der Waals surface area contributed by atoms with Crippen molar-refractivity contribution in [1.82, 2.24) is 0 Å². The number of carboxylic acid groups (broad SMARTS) is 2. The number of benzene rings is 1. The van der Waals surface area contributed by atoms with E-state index in [1.165, 1.54) is 0 Å². The average molecular weight is 272 g/mol. The minimum atomic E-state index is -1.37. The number of hydrogen-bond donors (Lipinski definition) is 2. The van der Waals surface area contributed by atoms with Crippen LogP contribution in [0.25, 0.3) is 0 Å². The minimum absolute atomic E-state index is 0. The third-order valence-electron chi connectivity index (χ3n) is 3.44. The maximum atomic E-state index is 11.3. The van der Waals surface area contributed by atoms with Crippen molar-refractivity contribution >= 4 is 11.9 Å². The molecule has 0 saturated heterocycles. The monoisotopic (exact) mass is 272 g/mol. The van der Waals surface area contributed by atoms with Gasteiger partial charge in [-0.1, -0.05) is 68.0 Å². The Hall–Kier alpha value is -0.970. The van der Waals surface area contributed by atoms with Crippen molar-refractivity contribution in [3.05, 3.63) is 41.8 Å². The Kier molecular flexibility index (Phi) is 7.19. The molecule has 0 aliphatic rings. The molecule has 98 valence electrons. The van der Waals surface area contributed by atoms with Crippen LogP contribution >= 0.6 is 0 Å². The summed E-state index contributed by atoms with van der Waals surface area (Å²) in [4.78, 5) is 22.5. The van der Waals surface area contributed by atoms with Gasteiger partial charge in [-0.05, 0) is 0 Å². The van der Waals surface area contributed by atoms with Gasteiger partial charge in [-0.3, -0.25) is 9.59 Å². The molecule has 0 bridgehead atoms. The van der Waals surface area contributed by atoms with Crippen LogP contribution in [0, 0.1) is 5.92 Å². The second-order valence-electron chi connectivity index (χ2n) is 4.14. The van der Waals surface area contributed by atoms with Crippen molar-refractivity contribution in [2.45, 2.75) is 32.1 Å². The van der Waals surface area contributed by atoms with Crippen LogP contribution < -0.4 is 29.6 Å². The van der Waals surface area contributed by atoms with Gasteiger partial charge in [0.25, 0.3) is 0 Å². The summed E-state index contributed by atoms with van der Waals surface area (Å²) in [7, 11) is 0. The normalized spacial score (nSPS) is 10.4. The summed E-state index contributed by atoms with van der Waals surface area (Å²) >= 11 is 0. The van der Waals surface area contributed by atoms with Crippen LogP contribution in [0.5, 0.6) is 0 Å². The first-order valence-electron chi connectivity index (χ1n) is 5.89. The van der Waals surface area contributed by atoms with Crippen LogP contribution in [0.1, 0.15) is 32.3 Å². The van der Waals surface area contributed by atoms with Crippen molar-refractivity contribution in [1.29, 1.82) is 0 Å². The van der Waals surface area contributed by atoms with E-state index in [1.807, 2.05) is 19.9 Å². The molecule has 0 spiro atoms. The van der Waals surface area contributed by atoms with Gasteiger partial charge in [0.05, 0.1) is 0 Å². The topological polar surface area (TPSA) is 74.6 Å². The van der Waals surface area contributed by atoms with Gasteiger partial charge in [-0.2, -0.15) is 5.92 Å². The molecule has 0 radical (unpaired) electrons. The molecule has 0 atom stereocenters. The van der Waals surface area contributed by atoms with Gasteiger partial charge in [0.1, 0.15) is 0 Å². The summed E-state index contributed by atoms with van der Waals surface area (Å²) in [6.45, 7) is 3.62. The first-order chi connectivity index (χ1) is 8.49. The van der Waals surface area contributed by atoms with Gasteiger partial charge in [0.2, 0.25) is 0 Å². The SMILES string of the molecule is CCC(CC)(c1ccccc1)[C-](C(=O)O)C(=O)O.[Na+]. The molecule has 5 heteroatoms. The third-order valence-corrected chi connectivity index (χ3v) is 3.44. The molecule has 0 unspecified atom stereocenters. The van der Waals surface area contributed by atoms with E-state index in [0.717, 1.165) is 5.56 Å². The average Bonchev–Trinajstić information content (AvgIpc) is 2.36. The second kappa shape index (κ2) is 7.58. The van der Waals surface area contributed by atoms with E-state index in [4.69, 9.17) is 0 Å². The van der Waals surface area contributed by atoms with Gasteiger partial charge in [-0.25, -0.2) is 0 Å². The molecule has 1 rings (SSSR count). The number of carboxylic acids is 2. The van der Waals surface area contributed by atoms with Gasteiger partial charge < -0.3 is 10.2 Å². The Bertz CT molecular complexity index is 412. The molecule has 2 N–H and O–H groups in total. The molecule has 19 heavy (non-hydrogen) atoms. The van der Waals surface area contributed by atoms with E-state index in [9.17, 15) is 19.8 Å². The summed E-state index contributed by atoms with van der Waals surface area (Å²) in [5.41, 5.74) is -0.214. The Morgan fingerprint density at radius 2 is 1.47 bits per heavy atom. The van der Waals surface area contributed by atoms with E-state index in [1.54, 1.807) is 24.3 Å². The molecule has 4 nitrogen and oxygen atoms in total. The van der Waals surface area contributed by atoms with Gasteiger partial charge in [0, 0.05) is 0 Å². The molecule has 0 fully saturated rings. The first-order valence-corrected chi connectivity index (χ1v) is 5.89. The summed E-state index contributed by atoms with van der Waals surface area (Å²) in [5.74, 6) is -3.19. The van der Waals surface area contributed by atoms with Crippen LogP contribution in [0.3, 0.4) is 0 Å². The summed E-state index contributed by atoms with van der Waals surface area (Å²) in [5, 5.41) is 18.4. The van der Waals surface area contributed by atoms with Gasteiger partial charge >= 0.3 is 29.6 Å². The largest absolute Gasteiger partial charge is 1.00 e. The summed E-state index contributed by atoms with van der Waals surface area (Å²) in [6.07, 6.45) is 0.864. The molecule has 0 amide bonds. The van der Waals surface area contributed by atoms with Crippen LogP contribution in [0.4, 0.5) is 0 Å². The Labute approximate surface area is 135 Å². The fourth-order valence-corrected chi connectivity index (χ4v) is 2.41. The Balaban J connectivity index is 0.00000324. The van der Waals surface area contributed by atoms with E-state index in [0.29, 0.717) is 12.8 Å². The fraction of sp³-hybridized carbons (Fsp3) is 0.357. The smallest absolute Gasteiger partial charge is 0.503 e. The number of aliphatic carboxylic acids is 2. The molecule has 0 aliphatic heterocycles. The summed E-state index contributed by atoms with van der Waals surface area (Å²) < 4.78 is 0. The maximum absolute atomic E-state index is 11.3. The molecule has 0 saturated carbocycles. The van der Waals surface area contributed by atoms with Gasteiger partial charge in [-0.15, -0.1) is 0 Å². The van der Waals surface area contributed by atoms with Crippen LogP contribution in [-0.2, 0) is 15.0 Å². The molecule has 0 aliphatic carbocycles. The van der Waals surface area contributed by atoms with Crippen molar-refractivity contribution < 1.29 is 49.4 Å². The predicted molar refractivity (Wildman–Crippen MR) is 67.2 cm³/mol.